The number of hydrogen-bond acceptors (Lipinski definition) is 4. The molecule has 18 heavy (non-hydrogen) atoms. The van der Waals surface area contributed by atoms with Gasteiger partial charge in [-0.15, -0.1) is 0 Å². The van der Waals surface area contributed by atoms with Gasteiger partial charge in [-0.3, -0.25) is 4.79 Å². The molecule has 96 valence electrons. The zero-order chi connectivity index (χ0) is 13.5. The van der Waals surface area contributed by atoms with E-state index in [0.29, 0.717) is 18.9 Å². The molecule has 0 spiro atoms. The van der Waals surface area contributed by atoms with E-state index < -0.39 is 5.82 Å². The summed E-state index contributed by atoms with van der Waals surface area (Å²) in [5.74, 6) is -0.561. The van der Waals surface area contributed by atoms with Crippen LogP contribution in [0.1, 0.15) is 23.7 Å². The molecule has 0 aromatic carbocycles. The predicted molar refractivity (Wildman–Crippen MR) is 65.5 cm³/mol. The van der Waals surface area contributed by atoms with Crippen LogP contribution >= 0.6 is 0 Å². The van der Waals surface area contributed by atoms with Crippen LogP contribution < -0.4 is 5.32 Å². The maximum atomic E-state index is 13.1. The molecule has 0 saturated carbocycles. The fourth-order valence-electron chi connectivity index (χ4n) is 1.56. The minimum Gasteiger partial charge on any atom is -0.372 e. The van der Waals surface area contributed by atoms with Crippen LogP contribution in [0, 0.1) is 17.1 Å². The summed E-state index contributed by atoms with van der Waals surface area (Å²) in [7, 11) is 1.61. The Balaban J connectivity index is 3.00. The smallest absolute Gasteiger partial charge is 0.257 e. The van der Waals surface area contributed by atoms with Crippen LogP contribution in [0.3, 0.4) is 0 Å². The van der Waals surface area contributed by atoms with Crippen molar-refractivity contribution in [3.63, 3.8) is 0 Å². The fraction of sp³-hybridized carbons (Fsp3) is 0.417. The Morgan fingerprint density at radius 2 is 2.39 bits per heavy atom. The van der Waals surface area contributed by atoms with Crippen molar-refractivity contribution in [3.8, 4) is 6.07 Å². The predicted octanol–water partition coefficient (Wildman–Crippen LogP) is 1.64. The highest BCUT2D eigenvalue weighted by Crippen LogP contribution is 2.15. The van der Waals surface area contributed by atoms with Gasteiger partial charge in [0.15, 0.2) is 0 Å². The van der Waals surface area contributed by atoms with Crippen LogP contribution in [0.2, 0.25) is 0 Å². The molecule has 0 aliphatic rings. The summed E-state index contributed by atoms with van der Waals surface area (Å²) in [4.78, 5) is 17.5. The van der Waals surface area contributed by atoms with Crippen LogP contribution in [0.25, 0.3) is 0 Å². The molecule has 1 rings (SSSR count). The molecule has 1 amide bonds. The van der Waals surface area contributed by atoms with Gasteiger partial charge >= 0.3 is 0 Å². The summed E-state index contributed by atoms with van der Waals surface area (Å²) >= 11 is 0. The van der Waals surface area contributed by atoms with E-state index in [0.717, 1.165) is 12.3 Å². The van der Waals surface area contributed by atoms with Gasteiger partial charge in [-0.05, 0) is 13.0 Å². The summed E-state index contributed by atoms with van der Waals surface area (Å²) in [5.41, 5.74) is 0.178. The third-order valence-electron chi connectivity index (χ3n) is 2.48. The molecule has 0 radical (unpaired) electrons. The van der Waals surface area contributed by atoms with Gasteiger partial charge in [0.25, 0.3) is 5.91 Å². The third kappa shape index (κ3) is 3.17. The number of hydrogen-bond donors (Lipinski definition) is 1. The Kier molecular flexibility index (Phi) is 5.06. The van der Waals surface area contributed by atoms with E-state index in [-0.39, 0.29) is 17.9 Å². The molecule has 6 heteroatoms. The first kappa shape index (κ1) is 13.9. The number of carbonyl (C=O) groups is 1. The van der Waals surface area contributed by atoms with E-state index >= 15 is 0 Å². The lowest BCUT2D eigenvalue weighted by Gasteiger charge is -2.20. The van der Waals surface area contributed by atoms with E-state index in [2.05, 4.69) is 10.3 Å². The van der Waals surface area contributed by atoms with Crippen LogP contribution in [0.15, 0.2) is 12.3 Å². The molecular formula is C12H15FN4O. The van der Waals surface area contributed by atoms with Crippen LogP contribution in [-0.2, 0) is 0 Å². The highest BCUT2D eigenvalue weighted by atomic mass is 19.1. The zero-order valence-corrected chi connectivity index (χ0v) is 10.4. The van der Waals surface area contributed by atoms with Crippen LogP contribution in [0.5, 0.6) is 0 Å². The molecule has 0 atom stereocenters. The zero-order valence-electron chi connectivity index (χ0n) is 10.4. The van der Waals surface area contributed by atoms with E-state index in [4.69, 9.17) is 5.26 Å². The highest BCUT2D eigenvalue weighted by Gasteiger charge is 2.18. The molecule has 0 bridgehead atoms. The standard InChI is InChI=1S/C12H15FN4O/c1-3-17(6-4-5-14)12(18)10-7-9(13)8-16-11(10)15-2/h7-8H,3-4,6H2,1-2H3,(H,15,16). The van der Waals surface area contributed by atoms with Gasteiger partial charge in [-0.2, -0.15) is 5.26 Å². The molecule has 1 N–H and O–H groups in total. The number of halogens is 1. The van der Waals surface area contributed by atoms with Gasteiger partial charge in [-0.25, -0.2) is 9.37 Å². The van der Waals surface area contributed by atoms with Gasteiger partial charge < -0.3 is 10.2 Å². The van der Waals surface area contributed by atoms with E-state index in [1.807, 2.05) is 6.07 Å². The highest BCUT2D eigenvalue weighted by molar-refractivity contribution is 5.98. The normalized spacial score (nSPS) is 9.67. The van der Waals surface area contributed by atoms with Crippen molar-refractivity contribution in [2.75, 3.05) is 25.5 Å². The molecule has 1 aromatic rings. The number of nitrogens with zero attached hydrogens (tertiary/aromatic N) is 3. The lowest BCUT2D eigenvalue weighted by Crippen LogP contribution is -2.32. The quantitative estimate of drug-likeness (QED) is 0.862. The number of nitrogens with one attached hydrogen (secondary N) is 1. The van der Waals surface area contributed by atoms with Crippen molar-refractivity contribution in [2.24, 2.45) is 0 Å². The number of rotatable bonds is 5. The third-order valence-corrected chi connectivity index (χ3v) is 2.48. The number of nitriles is 1. The monoisotopic (exact) mass is 250 g/mol. The molecule has 0 fully saturated rings. The first-order valence-electron chi connectivity index (χ1n) is 5.63. The molecular weight excluding hydrogens is 235 g/mol. The van der Waals surface area contributed by atoms with Gasteiger partial charge in [0.1, 0.15) is 11.6 Å². The summed E-state index contributed by atoms with van der Waals surface area (Å²) in [6.07, 6.45) is 1.30. The first-order valence-corrected chi connectivity index (χ1v) is 5.63. The average Bonchev–Trinajstić information content (AvgIpc) is 2.39. The second-order valence-electron chi connectivity index (χ2n) is 3.59. The van der Waals surface area contributed by atoms with E-state index in [9.17, 15) is 9.18 Å². The molecule has 1 heterocycles. The average molecular weight is 250 g/mol. The fourth-order valence-corrected chi connectivity index (χ4v) is 1.56. The maximum Gasteiger partial charge on any atom is 0.257 e. The number of anilines is 1. The first-order chi connectivity index (χ1) is 8.63. The van der Waals surface area contributed by atoms with E-state index in [1.54, 1.807) is 14.0 Å². The van der Waals surface area contributed by atoms with Gasteiger partial charge in [0.05, 0.1) is 24.3 Å². The maximum absolute atomic E-state index is 13.1. The number of carbonyl (C=O) groups excluding carboxylic acids is 1. The van der Waals surface area contributed by atoms with Crippen molar-refractivity contribution in [2.45, 2.75) is 13.3 Å². The minimum atomic E-state index is -0.561. The molecule has 0 aliphatic carbocycles. The molecule has 0 saturated heterocycles. The summed E-state index contributed by atoms with van der Waals surface area (Å²) in [6, 6.07) is 3.13. The van der Waals surface area contributed by atoms with Gasteiger partial charge in [-0.1, -0.05) is 0 Å². The lowest BCUT2D eigenvalue weighted by molar-refractivity contribution is 0.0768. The Morgan fingerprint density at radius 3 is 2.94 bits per heavy atom. The van der Waals surface area contributed by atoms with E-state index in [1.165, 1.54) is 4.90 Å². The molecule has 0 unspecified atom stereocenters. The SMILES string of the molecule is CCN(CCC#N)C(=O)c1cc(F)cnc1NC. The topological polar surface area (TPSA) is 69.0 Å². The molecule has 1 aromatic heterocycles. The second-order valence-corrected chi connectivity index (χ2v) is 3.59. The molecule has 5 nitrogen and oxygen atoms in total. The Bertz CT molecular complexity index is 470. The molecule has 0 aliphatic heterocycles. The Morgan fingerprint density at radius 1 is 1.67 bits per heavy atom. The van der Waals surface area contributed by atoms with Gasteiger partial charge in [0.2, 0.25) is 0 Å². The second kappa shape index (κ2) is 6.55. The largest absolute Gasteiger partial charge is 0.372 e. The summed E-state index contributed by atoms with van der Waals surface area (Å²) < 4.78 is 13.1. The van der Waals surface area contributed by atoms with Crippen molar-refractivity contribution in [1.82, 2.24) is 9.88 Å². The summed E-state index contributed by atoms with van der Waals surface area (Å²) in [6.45, 7) is 2.59. The van der Waals surface area contributed by atoms with Crippen molar-refractivity contribution in [3.05, 3.63) is 23.6 Å². The Hall–Kier alpha value is -2.16. The van der Waals surface area contributed by atoms with Crippen LogP contribution in [-0.4, -0.2) is 35.9 Å². The Labute approximate surface area is 105 Å². The number of amides is 1. The van der Waals surface area contributed by atoms with Crippen molar-refractivity contribution >= 4 is 11.7 Å². The minimum absolute atomic E-state index is 0.178. The van der Waals surface area contributed by atoms with Crippen molar-refractivity contribution in [1.29, 1.82) is 5.26 Å². The van der Waals surface area contributed by atoms with Crippen LogP contribution in [0.4, 0.5) is 10.2 Å². The summed E-state index contributed by atoms with van der Waals surface area (Å²) in [5, 5.41) is 11.3. The van der Waals surface area contributed by atoms with Gasteiger partial charge in [0, 0.05) is 20.1 Å². The lowest BCUT2D eigenvalue weighted by atomic mass is 10.2. The number of aromatic nitrogens is 1. The number of pyridine rings is 1. The van der Waals surface area contributed by atoms with Crippen molar-refractivity contribution < 1.29 is 9.18 Å².